The summed E-state index contributed by atoms with van der Waals surface area (Å²) in [6.07, 6.45) is 0. The van der Waals surface area contributed by atoms with E-state index in [1.165, 1.54) is 22.3 Å². The average Bonchev–Trinajstić information content (AvgIpc) is 3.58. The van der Waals surface area contributed by atoms with Crippen LogP contribution in [0.25, 0.3) is 78.4 Å². The monoisotopic (exact) mass is 591 g/mol. The van der Waals surface area contributed by atoms with Gasteiger partial charge in [0.15, 0.2) is 17.5 Å². The molecule has 0 atom stereocenters. The minimum absolute atomic E-state index is 0.0690. The molecule has 46 heavy (non-hydrogen) atoms. The van der Waals surface area contributed by atoms with E-state index >= 15 is 0 Å². The zero-order valence-corrected chi connectivity index (χ0v) is 25.5. The van der Waals surface area contributed by atoms with Crippen LogP contribution in [0.4, 0.5) is 0 Å². The first-order valence-electron chi connectivity index (χ1n) is 15.6. The Hall–Kier alpha value is -5.87. The highest BCUT2D eigenvalue weighted by molar-refractivity contribution is 6.08. The van der Waals surface area contributed by atoms with Gasteiger partial charge in [-0.25, -0.2) is 15.0 Å². The largest absolute Gasteiger partial charge is 0.456 e. The molecule has 8 aromatic rings. The second-order valence-electron chi connectivity index (χ2n) is 12.5. The number of rotatable bonds is 4. The molecule has 0 amide bonds. The molecular weight excluding hydrogens is 562 g/mol. The standard InChI is InChI=1S/C42H29N3O/c1-42(2)35-19-10-9-18-31(35)33-24-34-32-21-20-29(23-37(32)46-38(34)25-36(33)42)28-16-11-17-30(22-28)41-44-39(26-12-5-3-6-13-26)43-40(45-41)27-14-7-4-8-15-27/h3-25H,1-2H3. The van der Waals surface area contributed by atoms with Crippen LogP contribution in [-0.2, 0) is 5.41 Å². The predicted octanol–water partition coefficient (Wildman–Crippen LogP) is 10.7. The van der Waals surface area contributed by atoms with Crippen molar-refractivity contribution in [3.63, 3.8) is 0 Å². The highest BCUT2D eigenvalue weighted by Gasteiger charge is 2.36. The molecule has 0 saturated heterocycles. The van der Waals surface area contributed by atoms with Gasteiger partial charge in [0, 0.05) is 32.9 Å². The zero-order valence-electron chi connectivity index (χ0n) is 25.5. The van der Waals surface area contributed by atoms with E-state index in [-0.39, 0.29) is 5.41 Å². The molecule has 0 radical (unpaired) electrons. The number of aromatic nitrogens is 3. The topological polar surface area (TPSA) is 51.8 Å². The summed E-state index contributed by atoms with van der Waals surface area (Å²) in [5, 5.41) is 2.27. The van der Waals surface area contributed by atoms with Crippen molar-refractivity contribution < 1.29 is 4.42 Å². The van der Waals surface area contributed by atoms with Crippen LogP contribution in [0, 0.1) is 0 Å². The van der Waals surface area contributed by atoms with Gasteiger partial charge in [-0.05, 0) is 63.7 Å². The number of nitrogens with zero attached hydrogens (tertiary/aromatic N) is 3. The van der Waals surface area contributed by atoms with Gasteiger partial charge in [0.2, 0.25) is 0 Å². The van der Waals surface area contributed by atoms with Gasteiger partial charge in [-0.2, -0.15) is 0 Å². The molecule has 6 aromatic carbocycles. The Morgan fingerprint density at radius 1 is 0.413 bits per heavy atom. The molecule has 2 aromatic heterocycles. The molecule has 0 fully saturated rings. The fraction of sp³-hybridized carbons (Fsp3) is 0.0714. The van der Waals surface area contributed by atoms with Crippen LogP contribution >= 0.6 is 0 Å². The van der Waals surface area contributed by atoms with Crippen molar-refractivity contribution in [1.82, 2.24) is 15.0 Å². The molecular formula is C42H29N3O. The third-order valence-corrected chi connectivity index (χ3v) is 9.33. The lowest BCUT2D eigenvalue weighted by molar-refractivity contribution is 0.647. The minimum Gasteiger partial charge on any atom is -0.456 e. The third-order valence-electron chi connectivity index (χ3n) is 9.33. The first-order valence-corrected chi connectivity index (χ1v) is 15.6. The van der Waals surface area contributed by atoms with Gasteiger partial charge in [-0.1, -0.05) is 123 Å². The molecule has 0 spiro atoms. The van der Waals surface area contributed by atoms with E-state index in [9.17, 15) is 0 Å². The number of hydrogen-bond acceptors (Lipinski definition) is 4. The van der Waals surface area contributed by atoms with E-state index in [4.69, 9.17) is 19.4 Å². The molecule has 218 valence electrons. The molecule has 0 bridgehead atoms. The smallest absolute Gasteiger partial charge is 0.164 e. The van der Waals surface area contributed by atoms with E-state index in [1.54, 1.807) is 0 Å². The Bertz CT molecular complexity index is 2380. The van der Waals surface area contributed by atoms with Crippen molar-refractivity contribution in [1.29, 1.82) is 0 Å². The van der Waals surface area contributed by atoms with E-state index in [0.717, 1.165) is 49.8 Å². The Kier molecular flexibility index (Phi) is 5.81. The van der Waals surface area contributed by atoms with Crippen molar-refractivity contribution in [3.05, 3.63) is 151 Å². The van der Waals surface area contributed by atoms with Crippen molar-refractivity contribution in [2.75, 3.05) is 0 Å². The number of furan rings is 1. The maximum atomic E-state index is 6.54. The van der Waals surface area contributed by atoms with Gasteiger partial charge in [0.25, 0.3) is 0 Å². The summed E-state index contributed by atoms with van der Waals surface area (Å²) in [4.78, 5) is 14.7. The normalized spacial score (nSPS) is 13.2. The molecule has 0 unspecified atom stereocenters. The first kappa shape index (κ1) is 26.5. The number of benzene rings is 6. The SMILES string of the molecule is CC1(C)c2ccccc2-c2cc3c(cc21)oc1cc(-c2cccc(-c4nc(-c5ccccc5)nc(-c5ccccc5)n4)c2)ccc13. The molecule has 0 saturated carbocycles. The molecule has 4 heteroatoms. The molecule has 2 heterocycles. The molecule has 1 aliphatic carbocycles. The van der Waals surface area contributed by atoms with Crippen molar-refractivity contribution in [2.24, 2.45) is 0 Å². The maximum absolute atomic E-state index is 6.54. The van der Waals surface area contributed by atoms with Gasteiger partial charge in [-0.15, -0.1) is 0 Å². The summed E-state index contributed by atoms with van der Waals surface area (Å²) in [5.74, 6) is 1.93. The van der Waals surface area contributed by atoms with Gasteiger partial charge in [0.1, 0.15) is 11.2 Å². The van der Waals surface area contributed by atoms with Gasteiger partial charge in [-0.3, -0.25) is 0 Å². The Balaban J connectivity index is 1.14. The summed E-state index contributed by atoms with van der Waals surface area (Å²) in [7, 11) is 0. The summed E-state index contributed by atoms with van der Waals surface area (Å²) >= 11 is 0. The van der Waals surface area contributed by atoms with Crippen LogP contribution in [0.5, 0.6) is 0 Å². The Morgan fingerprint density at radius 2 is 0.978 bits per heavy atom. The number of hydrogen-bond donors (Lipinski definition) is 0. The Morgan fingerprint density at radius 3 is 1.70 bits per heavy atom. The van der Waals surface area contributed by atoms with Gasteiger partial charge >= 0.3 is 0 Å². The minimum atomic E-state index is -0.0690. The number of fused-ring (bicyclic) bond motifs is 6. The van der Waals surface area contributed by atoms with E-state index in [0.29, 0.717) is 17.5 Å². The summed E-state index contributed by atoms with van der Waals surface area (Å²) in [5.41, 5.74) is 12.0. The van der Waals surface area contributed by atoms with Crippen LogP contribution in [0.15, 0.2) is 144 Å². The van der Waals surface area contributed by atoms with Gasteiger partial charge < -0.3 is 4.42 Å². The quantitative estimate of drug-likeness (QED) is 0.204. The lowest BCUT2D eigenvalue weighted by Gasteiger charge is -2.21. The lowest BCUT2D eigenvalue weighted by atomic mass is 9.82. The third kappa shape index (κ3) is 4.18. The van der Waals surface area contributed by atoms with Crippen molar-refractivity contribution >= 4 is 21.9 Å². The fourth-order valence-corrected chi connectivity index (χ4v) is 6.93. The van der Waals surface area contributed by atoms with Crippen LogP contribution in [0.3, 0.4) is 0 Å². The molecule has 1 aliphatic rings. The molecule has 9 rings (SSSR count). The van der Waals surface area contributed by atoms with Crippen LogP contribution in [0.1, 0.15) is 25.0 Å². The van der Waals surface area contributed by atoms with Crippen molar-refractivity contribution in [2.45, 2.75) is 19.3 Å². The second kappa shape index (κ2) is 10.1. The highest BCUT2D eigenvalue weighted by Crippen LogP contribution is 2.50. The van der Waals surface area contributed by atoms with E-state index < -0.39 is 0 Å². The lowest BCUT2D eigenvalue weighted by Crippen LogP contribution is -2.14. The molecule has 4 nitrogen and oxygen atoms in total. The van der Waals surface area contributed by atoms with E-state index in [1.807, 2.05) is 60.7 Å². The average molecular weight is 592 g/mol. The molecule has 0 aliphatic heterocycles. The Labute approximate surface area is 267 Å². The summed E-state index contributed by atoms with van der Waals surface area (Å²) < 4.78 is 6.54. The summed E-state index contributed by atoms with van der Waals surface area (Å²) in [6.45, 7) is 4.60. The zero-order chi connectivity index (χ0) is 30.8. The van der Waals surface area contributed by atoms with Gasteiger partial charge in [0.05, 0.1) is 0 Å². The van der Waals surface area contributed by atoms with E-state index in [2.05, 4.69) is 92.7 Å². The van der Waals surface area contributed by atoms with Crippen LogP contribution < -0.4 is 0 Å². The second-order valence-corrected chi connectivity index (χ2v) is 12.5. The van der Waals surface area contributed by atoms with Crippen molar-refractivity contribution in [3.8, 4) is 56.4 Å². The van der Waals surface area contributed by atoms with Crippen LogP contribution in [0.2, 0.25) is 0 Å². The fourth-order valence-electron chi connectivity index (χ4n) is 6.93. The predicted molar refractivity (Wildman–Crippen MR) is 186 cm³/mol. The van der Waals surface area contributed by atoms with Crippen LogP contribution in [-0.4, -0.2) is 15.0 Å². The maximum Gasteiger partial charge on any atom is 0.164 e. The first-order chi connectivity index (χ1) is 22.5. The summed E-state index contributed by atoms with van der Waals surface area (Å²) in [6, 6.07) is 48.4. The molecule has 0 N–H and O–H groups in total. The highest BCUT2D eigenvalue weighted by atomic mass is 16.3.